The normalized spacial score (nSPS) is 9.71. The zero-order valence-corrected chi connectivity index (χ0v) is 10.6. The molecule has 0 bridgehead atoms. The van der Waals surface area contributed by atoms with Crippen LogP contribution < -0.4 is 10.5 Å². The van der Waals surface area contributed by atoms with Gasteiger partial charge in [0.05, 0.1) is 24.6 Å². The largest absolute Gasteiger partial charge is 0.493 e. The van der Waals surface area contributed by atoms with Crippen LogP contribution in [0.15, 0.2) is 30.3 Å². The van der Waals surface area contributed by atoms with Gasteiger partial charge in [-0.15, -0.1) is 0 Å². The van der Waals surface area contributed by atoms with Gasteiger partial charge in [-0.25, -0.2) is 0 Å². The maximum absolute atomic E-state index is 11.6. The fourth-order valence-electron chi connectivity index (χ4n) is 1.29. The van der Waals surface area contributed by atoms with Crippen molar-refractivity contribution in [3.8, 4) is 5.75 Å². The van der Waals surface area contributed by atoms with Crippen LogP contribution in [-0.4, -0.2) is 36.0 Å². The van der Waals surface area contributed by atoms with E-state index in [0.717, 1.165) is 5.75 Å². The van der Waals surface area contributed by atoms with Gasteiger partial charge in [0.1, 0.15) is 5.75 Å². The number of amides is 1. The first-order valence-corrected chi connectivity index (χ1v) is 5.70. The average molecular weight is 252 g/mol. The summed E-state index contributed by atoms with van der Waals surface area (Å²) in [4.78, 5) is 13.4. The van der Waals surface area contributed by atoms with Gasteiger partial charge in [-0.2, -0.15) is 0 Å². The van der Waals surface area contributed by atoms with Crippen molar-refractivity contribution < 1.29 is 9.53 Å². The first-order valence-electron chi connectivity index (χ1n) is 5.29. The first-order chi connectivity index (χ1) is 8.09. The molecule has 5 heteroatoms. The van der Waals surface area contributed by atoms with Crippen molar-refractivity contribution in [2.75, 3.05) is 20.2 Å². The van der Waals surface area contributed by atoms with E-state index in [1.54, 1.807) is 7.05 Å². The number of hydrogen-bond acceptors (Lipinski definition) is 3. The molecule has 1 aromatic carbocycles. The number of carbonyl (C=O) groups is 1. The lowest BCUT2D eigenvalue weighted by Gasteiger charge is -2.16. The number of hydrogen-bond donors (Lipinski definition) is 1. The Balaban J connectivity index is 2.27. The lowest BCUT2D eigenvalue weighted by atomic mass is 10.3. The summed E-state index contributed by atoms with van der Waals surface area (Å²) in [6, 6.07) is 9.38. The molecule has 0 aliphatic heterocycles. The molecule has 0 spiro atoms. The fraction of sp³-hybridized carbons (Fsp3) is 0.333. The molecule has 0 radical (unpaired) electrons. The number of para-hydroxylation sites is 1. The highest BCUT2D eigenvalue weighted by molar-refractivity contribution is 7.80. The molecule has 0 saturated heterocycles. The minimum absolute atomic E-state index is 0.0336. The summed E-state index contributed by atoms with van der Waals surface area (Å²) >= 11 is 4.73. The number of rotatable bonds is 6. The molecule has 1 aromatic rings. The van der Waals surface area contributed by atoms with Crippen LogP contribution in [0.1, 0.15) is 6.42 Å². The number of likely N-dealkylation sites (N-methyl/N-ethyl adjacent to an activating group) is 1. The summed E-state index contributed by atoms with van der Waals surface area (Å²) in [6.45, 7) is 0.657. The molecule has 4 nitrogen and oxygen atoms in total. The van der Waals surface area contributed by atoms with Crippen LogP contribution in [0.5, 0.6) is 5.75 Å². The Kier molecular flexibility index (Phi) is 5.42. The lowest BCUT2D eigenvalue weighted by molar-refractivity contribution is -0.129. The molecule has 2 N–H and O–H groups in total. The minimum Gasteiger partial charge on any atom is -0.493 e. The monoisotopic (exact) mass is 252 g/mol. The molecule has 0 fully saturated rings. The van der Waals surface area contributed by atoms with Crippen LogP contribution in [0.4, 0.5) is 0 Å². The molecule has 0 aliphatic carbocycles. The Morgan fingerprint density at radius 3 is 2.65 bits per heavy atom. The van der Waals surface area contributed by atoms with Crippen molar-refractivity contribution >= 4 is 23.1 Å². The summed E-state index contributed by atoms with van der Waals surface area (Å²) in [7, 11) is 1.67. The molecular formula is C12H16N2O2S. The second-order valence-electron chi connectivity index (χ2n) is 3.63. The fourth-order valence-corrected chi connectivity index (χ4v) is 1.48. The van der Waals surface area contributed by atoms with Gasteiger partial charge in [0, 0.05) is 7.05 Å². The van der Waals surface area contributed by atoms with Gasteiger partial charge in [0.25, 0.3) is 0 Å². The van der Waals surface area contributed by atoms with E-state index in [2.05, 4.69) is 0 Å². The zero-order chi connectivity index (χ0) is 12.7. The van der Waals surface area contributed by atoms with Crippen molar-refractivity contribution in [1.29, 1.82) is 0 Å². The molecule has 0 unspecified atom stereocenters. The summed E-state index contributed by atoms with van der Waals surface area (Å²) in [6.07, 6.45) is 0.313. The standard InChI is InChI=1S/C12H16N2O2S/c1-14(9-11(13)17)12(15)7-8-16-10-5-3-2-4-6-10/h2-6H,7-9H2,1H3,(H2,13,17). The second-order valence-corrected chi connectivity index (χ2v) is 4.15. The highest BCUT2D eigenvalue weighted by Crippen LogP contribution is 2.08. The van der Waals surface area contributed by atoms with Gasteiger partial charge in [-0.3, -0.25) is 4.79 Å². The van der Waals surface area contributed by atoms with Gasteiger partial charge in [0.2, 0.25) is 5.91 Å². The molecule has 1 amide bonds. The Morgan fingerprint density at radius 2 is 2.06 bits per heavy atom. The molecular weight excluding hydrogens is 236 g/mol. The highest BCUT2D eigenvalue weighted by Gasteiger charge is 2.09. The Morgan fingerprint density at radius 1 is 1.41 bits per heavy atom. The van der Waals surface area contributed by atoms with Gasteiger partial charge in [0.15, 0.2) is 0 Å². The summed E-state index contributed by atoms with van der Waals surface area (Å²) < 4.78 is 5.42. The van der Waals surface area contributed by atoms with Crippen molar-refractivity contribution in [3.63, 3.8) is 0 Å². The Hall–Kier alpha value is -1.62. The van der Waals surface area contributed by atoms with E-state index in [0.29, 0.717) is 24.6 Å². The summed E-state index contributed by atoms with van der Waals surface area (Å²) in [5.74, 6) is 0.728. The topological polar surface area (TPSA) is 55.6 Å². The van der Waals surface area contributed by atoms with Gasteiger partial charge < -0.3 is 15.4 Å². The van der Waals surface area contributed by atoms with Crippen molar-refractivity contribution in [2.45, 2.75) is 6.42 Å². The van der Waals surface area contributed by atoms with Gasteiger partial charge in [-0.1, -0.05) is 30.4 Å². The SMILES string of the molecule is CN(CC(N)=S)C(=O)CCOc1ccccc1. The Labute approximate surface area is 106 Å². The quantitative estimate of drug-likeness (QED) is 0.773. The number of benzene rings is 1. The van der Waals surface area contributed by atoms with Crippen molar-refractivity contribution in [2.24, 2.45) is 5.73 Å². The maximum atomic E-state index is 11.6. The van der Waals surface area contributed by atoms with E-state index < -0.39 is 0 Å². The molecule has 0 saturated carbocycles. The third-order valence-electron chi connectivity index (χ3n) is 2.15. The van der Waals surface area contributed by atoms with Crippen LogP contribution in [0.25, 0.3) is 0 Å². The summed E-state index contributed by atoms with van der Waals surface area (Å²) in [5, 5.41) is 0. The van der Waals surface area contributed by atoms with Crippen LogP contribution in [0, 0.1) is 0 Å². The van der Waals surface area contributed by atoms with E-state index in [1.165, 1.54) is 4.90 Å². The number of nitrogens with two attached hydrogens (primary N) is 1. The van der Waals surface area contributed by atoms with Crippen molar-refractivity contribution in [1.82, 2.24) is 4.90 Å². The number of nitrogens with zero attached hydrogens (tertiary/aromatic N) is 1. The molecule has 0 aromatic heterocycles. The molecule has 0 heterocycles. The average Bonchev–Trinajstić information content (AvgIpc) is 2.29. The third kappa shape index (κ3) is 5.31. The predicted molar refractivity (Wildman–Crippen MR) is 71.0 cm³/mol. The maximum Gasteiger partial charge on any atom is 0.226 e. The van der Waals surface area contributed by atoms with E-state index >= 15 is 0 Å². The molecule has 0 aliphatic rings. The predicted octanol–water partition coefficient (Wildman–Crippen LogP) is 1.20. The molecule has 92 valence electrons. The Bertz CT molecular complexity index is 381. The number of ether oxygens (including phenoxy) is 1. The zero-order valence-electron chi connectivity index (χ0n) is 9.76. The van der Waals surface area contributed by atoms with Crippen molar-refractivity contribution in [3.05, 3.63) is 30.3 Å². The smallest absolute Gasteiger partial charge is 0.226 e. The van der Waals surface area contributed by atoms with Crippen LogP contribution in [0.3, 0.4) is 0 Å². The number of carbonyl (C=O) groups excluding carboxylic acids is 1. The highest BCUT2D eigenvalue weighted by atomic mass is 32.1. The third-order valence-corrected chi connectivity index (χ3v) is 2.28. The van der Waals surface area contributed by atoms with Gasteiger partial charge in [-0.05, 0) is 12.1 Å². The summed E-state index contributed by atoms with van der Waals surface area (Å²) in [5.41, 5.74) is 5.36. The van der Waals surface area contributed by atoms with E-state index in [1.807, 2.05) is 30.3 Å². The minimum atomic E-state index is -0.0336. The van der Waals surface area contributed by atoms with Gasteiger partial charge >= 0.3 is 0 Å². The number of thiocarbonyl (C=S) groups is 1. The molecule has 0 atom stereocenters. The van der Waals surface area contributed by atoms with Crippen LogP contribution >= 0.6 is 12.2 Å². The molecule has 1 rings (SSSR count). The van der Waals surface area contributed by atoms with E-state index in [9.17, 15) is 4.79 Å². The molecule has 17 heavy (non-hydrogen) atoms. The van der Waals surface area contributed by atoms with Crippen LogP contribution in [-0.2, 0) is 4.79 Å². The van der Waals surface area contributed by atoms with E-state index in [4.69, 9.17) is 22.7 Å². The first kappa shape index (κ1) is 13.4. The van der Waals surface area contributed by atoms with E-state index in [-0.39, 0.29) is 5.91 Å². The lowest BCUT2D eigenvalue weighted by Crippen LogP contribution is -2.35. The second kappa shape index (κ2) is 6.85. The van der Waals surface area contributed by atoms with Crippen LogP contribution in [0.2, 0.25) is 0 Å².